The first-order valence-electron chi connectivity index (χ1n) is 11.2. The molecular weight excluding hydrogens is 446 g/mol. The molecule has 4 rings (SSSR count). The second-order valence-corrected chi connectivity index (χ2v) is 9.07. The lowest BCUT2D eigenvalue weighted by Crippen LogP contribution is -2.44. The molecule has 0 radical (unpaired) electrons. The van der Waals surface area contributed by atoms with Gasteiger partial charge in [0.05, 0.1) is 18.4 Å². The normalized spacial score (nSPS) is 22.6. The van der Waals surface area contributed by atoms with E-state index in [-0.39, 0.29) is 29.1 Å². The molecule has 0 spiro atoms. The molecule has 33 heavy (non-hydrogen) atoms. The van der Waals surface area contributed by atoms with Gasteiger partial charge in [-0.3, -0.25) is 9.59 Å². The topological polar surface area (TPSA) is 116 Å². The summed E-state index contributed by atoms with van der Waals surface area (Å²) in [7, 11) is 0. The number of nitrogens with one attached hydrogen (secondary N) is 3. The molecular formula is C23H28ClN5O4. The van der Waals surface area contributed by atoms with Gasteiger partial charge in [-0.15, -0.1) is 0 Å². The number of hydrogen-bond acceptors (Lipinski definition) is 6. The van der Waals surface area contributed by atoms with Gasteiger partial charge in [-0.05, 0) is 44.7 Å². The quantitative estimate of drug-likeness (QED) is 0.614. The molecule has 0 unspecified atom stereocenters. The molecule has 2 aromatic rings. The summed E-state index contributed by atoms with van der Waals surface area (Å²) in [4.78, 5) is 38.4. The number of anilines is 1. The number of carbonyl (C=O) groups excluding carboxylic acids is 2. The molecule has 2 amide bonds. The SMILES string of the molecule is Cc1cccc(C(=O)N[C@H]2CC[C@H](NC(=O)O[C@@H]3CCN(c4cn[nH]c(=O)c4Cl)C3)CC2)c1. The van der Waals surface area contributed by atoms with Gasteiger partial charge in [0.15, 0.2) is 0 Å². The van der Waals surface area contributed by atoms with Gasteiger partial charge in [0.1, 0.15) is 11.1 Å². The van der Waals surface area contributed by atoms with E-state index >= 15 is 0 Å². The van der Waals surface area contributed by atoms with Crippen LogP contribution in [0.25, 0.3) is 0 Å². The molecule has 9 nitrogen and oxygen atoms in total. The van der Waals surface area contributed by atoms with Crippen molar-refractivity contribution in [3.05, 3.63) is 57.0 Å². The van der Waals surface area contributed by atoms with E-state index in [4.69, 9.17) is 16.3 Å². The van der Waals surface area contributed by atoms with Gasteiger partial charge >= 0.3 is 6.09 Å². The van der Waals surface area contributed by atoms with Crippen molar-refractivity contribution in [3.63, 3.8) is 0 Å². The van der Waals surface area contributed by atoms with Gasteiger partial charge in [0, 0.05) is 30.6 Å². The number of H-pyrrole nitrogens is 1. The molecule has 2 fully saturated rings. The van der Waals surface area contributed by atoms with Gasteiger partial charge in [-0.25, -0.2) is 9.89 Å². The van der Waals surface area contributed by atoms with E-state index in [0.29, 0.717) is 30.8 Å². The Morgan fingerprint density at radius 1 is 1.15 bits per heavy atom. The van der Waals surface area contributed by atoms with Crippen molar-refractivity contribution < 1.29 is 14.3 Å². The van der Waals surface area contributed by atoms with Crippen LogP contribution in [0.2, 0.25) is 5.02 Å². The zero-order valence-electron chi connectivity index (χ0n) is 18.5. The molecule has 1 aliphatic heterocycles. The first kappa shape index (κ1) is 23.1. The highest BCUT2D eigenvalue weighted by atomic mass is 35.5. The van der Waals surface area contributed by atoms with Crippen LogP contribution in [-0.2, 0) is 4.74 Å². The van der Waals surface area contributed by atoms with Crippen LogP contribution in [0.4, 0.5) is 10.5 Å². The zero-order chi connectivity index (χ0) is 23.4. The maximum absolute atomic E-state index is 12.5. The van der Waals surface area contributed by atoms with Crippen LogP contribution in [0.3, 0.4) is 0 Å². The molecule has 2 aliphatic rings. The first-order valence-corrected chi connectivity index (χ1v) is 11.6. The average Bonchev–Trinajstić information content (AvgIpc) is 3.25. The monoisotopic (exact) mass is 473 g/mol. The lowest BCUT2D eigenvalue weighted by molar-refractivity contribution is 0.0908. The van der Waals surface area contributed by atoms with Crippen molar-refractivity contribution in [1.29, 1.82) is 0 Å². The maximum atomic E-state index is 12.5. The maximum Gasteiger partial charge on any atom is 0.407 e. The molecule has 1 saturated carbocycles. The fraction of sp³-hybridized carbons (Fsp3) is 0.478. The summed E-state index contributed by atoms with van der Waals surface area (Å²) in [6.45, 7) is 3.04. The standard InChI is InChI=1S/C23H28ClN5O4/c1-14-3-2-4-15(11-14)21(30)26-16-5-7-17(8-6-16)27-23(32)33-18-9-10-29(13-18)19-12-25-28-22(31)20(19)24/h2-4,11-12,16-18H,5-10,13H2,1H3,(H,26,30)(H,27,32)(H,28,31)/t16-,17-,18-/m1/s1. The highest BCUT2D eigenvalue weighted by Crippen LogP contribution is 2.26. The Morgan fingerprint density at radius 2 is 1.88 bits per heavy atom. The zero-order valence-corrected chi connectivity index (χ0v) is 19.2. The number of benzene rings is 1. The third-order valence-corrected chi connectivity index (χ3v) is 6.57. The van der Waals surface area contributed by atoms with E-state index in [1.165, 1.54) is 6.20 Å². The van der Waals surface area contributed by atoms with E-state index in [1.54, 1.807) is 0 Å². The van der Waals surface area contributed by atoms with Crippen LogP contribution in [-0.4, -0.2) is 53.5 Å². The molecule has 2 heterocycles. The third-order valence-electron chi connectivity index (χ3n) is 6.20. The second kappa shape index (κ2) is 10.2. The summed E-state index contributed by atoms with van der Waals surface area (Å²) in [6.07, 6.45) is 4.57. The van der Waals surface area contributed by atoms with E-state index < -0.39 is 11.7 Å². The van der Waals surface area contributed by atoms with Crippen molar-refractivity contribution in [2.24, 2.45) is 0 Å². The lowest BCUT2D eigenvalue weighted by Gasteiger charge is -2.29. The summed E-state index contributed by atoms with van der Waals surface area (Å²) < 4.78 is 5.59. The smallest absolute Gasteiger partial charge is 0.407 e. The predicted octanol–water partition coefficient (Wildman–Crippen LogP) is 2.78. The highest BCUT2D eigenvalue weighted by molar-refractivity contribution is 6.33. The van der Waals surface area contributed by atoms with E-state index in [2.05, 4.69) is 20.8 Å². The Hall–Kier alpha value is -3.07. The number of aromatic amines is 1. The minimum Gasteiger partial charge on any atom is -0.444 e. The van der Waals surface area contributed by atoms with Crippen LogP contribution >= 0.6 is 11.6 Å². The Bertz CT molecular complexity index is 1070. The van der Waals surface area contributed by atoms with E-state index in [1.807, 2.05) is 36.1 Å². The molecule has 3 N–H and O–H groups in total. The number of halogens is 1. The fourth-order valence-corrected chi connectivity index (χ4v) is 4.64. The van der Waals surface area contributed by atoms with Crippen LogP contribution in [0.5, 0.6) is 0 Å². The first-order chi connectivity index (χ1) is 15.9. The number of carbonyl (C=O) groups is 2. The van der Waals surface area contributed by atoms with Crippen molar-refractivity contribution in [2.45, 2.75) is 57.2 Å². The molecule has 176 valence electrons. The Kier molecular flexibility index (Phi) is 7.17. The number of alkyl carbamates (subject to hydrolysis) is 1. The molecule has 10 heteroatoms. The predicted molar refractivity (Wildman–Crippen MR) is 125 cm³/mol. The molecule has 1 saturated heterocycles. The van der Waals surface area contributed by atoms with E-state index in [0.717, 1.165) is 31.2 Å². The molecule has 0 bridgehead atoms. The molecule has 1 aromatic heterocycles. The van der Waals surface area contributed by atoms with Crippen molar-refractivity contribution in [3.8, 4) is 0 Å². The fourth-order valence-electron chi connectivity index (χ4n) is 4.43. The van der Waals surface area contributed by atoms with Gasteiger partial charge in [-0.1, -0.05) is 29.3 Å². The van der Waals surface area contributed by atoms with Crippen molar-refractivity contribution in [1.82, 2.24) is 20.8 Å². The van der Waals surface area contributed by atoms with Crippen molar-refractivity contribution in [2.75, 3.05) is 18.0 Å². The Balaban J connectivity index is 1.19. The number of amides is 2. The minimum absolute atomic E-state index is 0.0217. The van der Waals surface area contributed by atoms with Gasteiger partial charge in [-0.2, -0.15) is 5.10 Å². The summed E-state index contributed by atoms with van der Waals surface area (Å²) in [6, 6.07) is 7.66. The lowest BCUT2D eigenvalue weighted by atomic mass is 9.91. The average molecular weight is 474 g/mol. The largest absolute Gasteiger partial charge is 0.444 e. The van der Waals surface area contributed by atoms with Crippen LogP contribution in [0.1, 0.15) is 48.0 Å². The molecule has 1 aromatic carbocycles. The van der Waals surface area contributed by atoms with Gasteiger partial charge < -0.3 is 20.3 Å². The number of ether oxygens (including phenoxy) is 1. The number of nitrogens with zero attached hydrogens (tertiary/aromatic N) is 2. The summed E-state index contributed by atoms with van der Waals surface area (Å²) in [5.74, 6) is -0.0592. The Labute approximate surface area is 196 Å². The van der Waals surface area contributed by atoms with Crippen LogP contribution in [0, 0.1) is 6.92 Å². The minimum atomic E-state index is -0.443. The summed E-state index contributed by atoms with van der Waals surface area (Å²) in [5.41, 5.74) is 1.82. The van der Waals surface area contributed by atoms with Crippen molar-refractivity contribution >= 4 is 29.3 Å². The number of aryl methyl sites for hydroxylation is 1. The molecule has 1 aliphatic carbocycles. The van der Waals surface area contributed by atoms with Gasteiger partial charge in [0.25, 0.3) is 11.5 Å². The second-order valence-electron chi connectivity index (χ2n) is 8.70. The van der Waals surface area contributed by atoms with Crippen LogP contribution < -0.4 is 21.1 Å². The summed E-state index contributed by atoms with van der Waals surface area (Å²) >= 11 is 6.07. The highest BCUT2D eigenvalue weighted by Gasteiger charge is 2.29. The number of aromatic nitrogens is 2. The number of rotatable bonds is 5. The van der Waals surface area contributed by atoms with E-state index in [9.17, 15) is 14.4 Å². The summed E-state index contributed by atoms with van der Waals surface area (Å²) in [5, 5.41) is 12.2. The van der Waals surface area contributed by atoms with Crippen LogP contribution in [0.15, 0.2) is 35.3 Å². The third kappa shape index (κ3) is 5.84. The Morgan fingerprint density at radius 3 is 2.61 bits per heavy atom. The number of hydrogen-bond donors (Lipinski definition) is 3. The van der Waals surface area contributed by atoms with Gasteiger partial charge in [0.2, 0.25) is 0 Å². The molecule has 1 atom stereocenters.